The highest BCUT2D eigenvalue weighted by Crippen LogP contribution is 2.47. The minimum Gasteiger partial charge on any atom is -0.504 e. The minimum atomic E-state index is -0.706. The Hall–Kier alpha value is -3.22. The van der Waals surface area contributed by atoms with E-state index in [2.05, 4.69) is 0 Å². The second-order valence-corrected chi connectivity index (χ2v) is 5.36. The third-order valence-electron chi connectivity index (χ3n) is 4.03. The van der Waals surface area contributed by atoms with Gasteiger partial charge in [-0.25, -0.2) is 0 Å². The maximum Gasteiger partial charge on any atom is 0.203 e. The molecule has 0 aliphatic heterocycles. The number of carbonyl (C=O) groups excluding carboxylic acids is 2. The van der Waals surface area contributed by atoms with Crippen LogP contribution in [0, 0.1) is 6.92 Å². The molecule has 0 spiro atoms. The van der Waals surface area contributed by atoms with E-state index < -0.39 is 23.1 Å². The molecule has 2 aromatic rings. The first-order valence-corrected chi connectivity index (χ1v) is 6.96. The molecule has 3 N–H and O–H groups in total. The Bertz CT molecular complexity index is 912. The molecule has 3 rings (SSSR count). The number of aromatic hydroxyl groups is 3. The summed E-state index contributed by atoms with van der Waals surface area (Å²) in [5.74, 6) is -2.98. The van der Waals surface area contributed by atoms with Crippen LogP contribution in [-0.2, 0) is 0 Å². The maximum absolute atomic E-state index is 12.9. The number of carbonyl (C=O) groups is 2. The lowest BCUT2D eigenvalue weighted by molar-refractivity contribution is 0.0972. The Morgan fingerprint density at radius 2 is 1.38 bits per heavy atom. The molecule has 7 nitrogen and oxygen atoms in total. The van der Waals surface area contributed by atoms with Gasteiger partial charge in [0, 0.05) is 11.1 Å². The van der Waals surface area contributed by atoms with Gasteiger partial charge in [0.1, 0.15) is 0 Å². The van der Waals surface area contributed by atoms with Gasteiger partial charge in [-0.3, -0.25) is 9.59 Å². The zero-order valence-corrected chi connectivity index (χ0v) is 13.1. The highest BCUT2D eigenvalue weighted by molar-refractivity contribution is 6.31. The molecule has 24 heavy (non-hydrogen) atoms. The molecule has 0 fully saturated rings. The molecular formula is C17H14O7. The Kier molecular flexibility index (Phi) is 3.37. The van der Waals surface area contributed by atoms with Gasteiger partial charge in [0.25, 0.3) is 0 Å². The van der Waals surface area contributed by atoms with E-state index in [1.165, 1.54) is 27.2 Å². The summed E-state index contributed by atoms with van der Waals surface area (Å²) in [5.41, 5.74) is -0.301. The quantitative estimate of drug-likeness (QED) is 0.615. The number of ketones is 2. The SMILES string of the molecule is COc1c(O)cc2c(c1OC)C(=O)c1c(cc(C)c(O)c1O)C2=O. The van der Waals surface area contributed by atoms with Gasteiger partial charge in [-0.1, -0.05) is 0 Å². The molecule has 0 radical (unpaired) electrons. The number of benzene rings is 2. The minimum absolute atomic E-state index is 0.0491. The van der Waals surface area contributed by atoms with Gasteiger partial charge in [0.2, 0.25) is 11.5 Å². The highest BCUT2D eigenvalue weighted by Gasteiger charge is 2.38. The van der Waals surface area contributed by atoms with Crippen molar-refractivity contribution in [3.8, 4) is 28.7 Å². The Morgan fingerprint density at radius 1 is 0.792 bits per heavy atom. The van der Waals surface area contributed by atoms with Crippen molar-refractivity contribution >= 4 is 11.6 Å². The number of hydrogen-bond acceptors (Lipinski definition) is 7. The molecule has 0 unspecified atom stereocenters. The van der Waals surface area contributed by atoms with Crippen molar-refractivity contribution in [1.29, 1.82) is 0 Å². The average molecular weight is 330 g/mol. The summed E-state index contributed by atoms with van der Waals surface area (Å²) in [6, 6.07) is 2.44. The topological polar surface area (TPSA) is 113 Å². The summed E-state index contributed by atoms with van der Waals surface area (Å²) in [4.78, 5) is 25.6. The summed E-state index contributed by atoms with van der Waals surface area (Å²) in [6.07, 6.45) is 0. The number of aryl methyl sites for hydroxylation is 1. The molecular weight excluding hydrogens is 316 g/mol. The van der Waals surface area contributed by atoms with Crippen molar-refractivity contribution in [2.24, 2.45) is 0 Å². The molecule has 0 atom stereocenters. The molecule has 0 heterocycles. The van der Waals surface area contributed by atoms with Crippen LogP contribution in [0.1, 0.15) is 37.4 Å². The molecule has 0 amide bonds. The molecule has 2 aromatic carbocycles. The van der Waals surface area contributed by atoms with E-state index >= 15 is 0 Å². The third-order valence-corrected chi connectivity index (χ3v) is 4.03. The van der Waals surface area contributed by atoms with Gasteiger partial charge < -0.3 is 24.8 Å². The Labute approximate surface area is 136 Å². The van der Waals surface area contributed by atoms with Crippen LogP contribution in [0.5, 0.6) is 28.7 Å². The number of phenolic OH excluding ortho intramolecular Hbond substituents is 3. The van der Waals surface area contributed by atoms with E-state index in [-0.39, 0.29) is 45.1 Å². The third kappa shape index (κ3) is 1.84. The number of rotatable bonds is 2. The predicted octanol–water partition coefficient (Wildman–Crippen LogP) is 1.90. The normalized spacial score (nSPS) is 12.6. The van der Waals surface area contributed by atoms with Crippen LogP contribution in [0.4, 0.5) is 0 Å². The molecule has 7 heteroatoms. The van der Waals surface area contributed by atoms with E-state index in [1.807, 2.05) is 0 Å². The smallest absolute Gasteiger partial charge is 0.203 e. The van der Waals surface area contributed by atoms with E-state index in [0.29, 0.717) is 0 Å². The first-order chi connectivity index (χ1) is 11.3. The highest BCUT2D eigenvalue weighted by atomic mass is 16.5. The Balaban J connectivity index is 2.42. The molecule has 0 aromatic heterocycles. The van der Waals surface area contributed by atoms with Crippen molar-refractivity contribution < 1.29 is 34.4 Å². The number of ether oxygens (including phenoxy) is 2. The van der Waals surface area contributed by atoms with Crippen LogP contribution >= 0.6 is 0 Å². The summed E-state index contributed by atoms with van der Waals surface area (Å²) >= 11 is 0. The van der Waals surface area contributed by atoms with E-state index in [9.17, 15) is 24.9 Å². The molecule has 0 saturated heterocycles. The van der Waals surface area contributed by atoms with Gasteiger partial charge in [0.05, 0.1) is 25.3 Å². The van der Waals surface area contributed by atoms with Crippen LogP contribution in [0.25, 0.3) is 0 Å². The largest absolute Gasteiger partial charge is 0.504 e. The molecule has 1 aliphatic rings. The van der Waals surface area contributed by atoms with E-state index in [4.69, 9.17) is 9.47 Å². The standard InChI is InChI=1S/C17H14O7/c1-6-4-7-10(15(22)12(6)19)14(21)11-8(13(7)20)5-9(18)16(23-2)17(11)24-3/h4-5,18-19,22H,1-3H3. The van der Waals surface area contributed by atoms with Gasteiger partial charge in [-0.05, 0) is 24.6 Å². The number of fused-ring (bicyclic) bond motifs is 2. The van der Waals surface area contributed by atoms with Crippen LogP contribution in [0.3, 0.4) is 0 Å². The maximum atomic E-state index is 12.9. The fourth-order valence-electron chi connectivity index (χ4n) is 2.89. The van der Waals surface area contributed by atoms with Crippen molar-refractivity contribution in [2.75, 3.05) is 14.2 Å². The van der Waals surface area contributed by atoms with Gasteiger partial charge in [-0.15, -0.1) is 0 Å². The summed E-state index contributed by atoms with van der Waals surface area (Å²) < 4.78 is 10.2. The number of hydrogen-bond donors (Lipinski definition) is 3. The number of phenols is 3. The second-order valence-electron chi connectivity index (χ2n) is 5.36. The van der Waals surface area contributed by atoms with Crippen molar-refractivity contribution in [1.82, 2.24) is 0 Å². The molecule has 0 saturated carbocycles. The molecule has 0 bridgehead atoms. The monoisotopic (exact) mass is 330 g/mol. The Morgan fingerprint density at radius 3 is 1.96 bits per heavy atom. The number of methoxy groups -OCH3 is 2. The van der Waals surface area contributed by atoms with Crippen LogP contribution in [0.15, 0.2) is 12.1 Å². The first-order valence-electron chi connectivity index (χ1n) is 6.96. The van der Waals surface area contributed by atoms with Crippen LogP contribution < -0.4 is 9.47 Å². The lowest BCUT2D eigenvalue weighted by Crippen LogP contribution is -2.22. The zero-order chi connectivity index (χ0) is 17.8. The van der Waals surface area contributed by atoms with Gasteiger partial charge in [-0.2, -0.15) is 0 Å². The van der Waals surface area contributed by atoms with Crippen LogP contribution in [0.2, 0.25) is 0 Å². The van der Waals surface area contributed by atoms with E-state index in [1.54, 1.807) is 0 Å². The second kappa shape index (κ2) is 5.16. The molecule has 1 aliphatic carbocycles. The van der Waals surface area contributed by atoms with Gasteiger partial charge >= 0.3 is 0 Å². The van der Waals surface area contributed by atoms with Crippen molar-refractivity contribution in [2.45, 2.75) is 6.92 Å². The van der Waals surface area contributed by atoms with E-state index in [0.717, 1.165) is 6.07 Å². The summed E-state index contributed by atoms with van der Waals surface area (Å²) in [5, 5.41) is 30.0. The zero-order valence-electron chi connectivity index (χ0n) is 13.1. The molecule has 124 valence electrons. The van der Waals surface area contributed by atoms with Crippen LogP contribution in [-0.4, -0.2) is 41.1 Å². The van der Waals surface area contributed by atoms with Crippen molar-refractivity contribution in [3.05, 3.63) is 39.9 Å². The summed E-state index contributed by atoms with van der Waals surface area (Å²) in [7, 11) is 2.54. The fourth-order valence-corrected chi connectivity index (χ4v) is 2.89. The summed E-state index contributed by atoms with van der Waals surface area (Å²) in [6.45, 7) is 1.49. The average Bonchev–Trinajstić information content (AvgIpc) is 2.55. The fraction of sp³-hybridized carbons (Fsp3) is 0.176. The lowest BCUT2D eigenvalue weighted by atomic mass is 9.81. The first kappa shape index (κ1) is 15.7. The predicted molar refractivity (Wildman–Crippen MR) is 82.6 cm³/mol. The van der Waals surface area contributed by atoms with Gasteiger partial charge in [0.15, 0.2) is 28.8 Å². The lowest BCUT2D eigenvalue weighted by Gasteiger charge is -2.23. The van der Waals surface area contributed by atoms with Crippen molar-refractivity contribution in [3.63, 3.8) is 0 Å².